The van der Waals surface area contributed by atoms with E-state index < -0.39 is 0 Å². The monoisotopic (exact) mass is 263 g/mol. The van der Waals surface area contributed by atoms with E-state index in [4.69, 9.17) is 16.9 Å². The van der Waals surface area contributed by atoms with Crippen LogP contribution in [-0.4, -0.2) is 4.98 Å². The molecule has 0 saturated carbocycles. The van der Waals surface area contributed by atoms with Crippen molar-refractivity contribution < 1.29 is 0 Å². The predicted octanol–water partition coefficient (Wildman–Crippen LogP) is 3.59. The first-order chi connectivity index (χ1) is 8.20. The van der Waals surface area contributed by atoms with Crippen LogP contribution < -0.4 is 5.32 Å². The third kappa shape index (κ3) is 2.76. The van der Waals surface area contributed by atoms with Crippen LogP contribution in [-0.2, 0) is 6.54 Å². The molecule has 0 aliphatic carbocycles. The van der Waals surface area contributed by atoms with Crippen molar-refractivity contribution in [2.75, 3.05) is 5.32 Å². The number of hydrogen-bond donors (Lipinski definition) is 1. The molecule has 17 heavy (non-hydrogen) atoms. The minimum atomic E-state index is 0.465. The molecule has 0 saturated heterocycles. The Morgan fingerprint density at radius 2 is 2.35 bits per heavy atom. The van der Waals surface area contributed by atoms with E-state index >= 15 is 0 Å². The molecule has 2 rings (SSSR count). The molecule has 0 aliphatic rings. The molecule has 0 fully saturated rings. The molecule has 0 amide bonds. The van der Waals surface area contributed by atoms with E-state index in [2.05, 4.69) is 16.4 Å². The number of nitriles is 1. The van der Waals surface area contributed by atoms with Crippen molar-refractivity contribution in [1.82, 2.24) is 4.98 Å². The van der Waals surface area contributed by atoms with Crippen LogP contribution in [0.1, 0.15) is 16.3 Å². The lowest BCUT2D eigenvalue weighted by Crippen LogP contribution is -2.01. The van der Waals surface area contributed by atoms with E-state index in [-0.39, 0.29) is 0 Å². The zero-order chi connectivity index (χ0) is 12.3. The first kappa shape index (κ1) is 11.9. The predicted molar refractivity (Wildman–Crippen MR) is 70.3 cm³/mol. The second kappa shape index (κ2) is 5.17. The summed E-state index contributed by atoms with van der Waals surface area (Å²) in [6.45, 7) is 2.56. The Hall–Kier alpha value is -1.57. The normalized spacial score (nSPS) is 9.94. The summed E-state index contributed by atoms with van der Waals surface area (Å²) in [4.78, 5) is 4.34. The number of nitrogens with zero attached hydrogens (tertiary/aromatic N) is 2. The molecular formula is C12H10ClN3S. The Balaban J connectivity index is 2.14. The van der Waals surface area contributed by atoms with Crippen molar-refractivity contribution in [3.05, 3.63) is 44.9 Å². The number of thiazole rings is 1. The number of rotatable bonds is 3. The minimum absolute atomic E-state index is 0.465. The van der Waals surface area contributed by atoms with Crippen LogP contribution in [0, 0.1) is 18.3 Å². The minimum Gasteiger partial charge on any atom is -0.378 e. The Morgan fingerprint density at radius 3 is 3.00 bits per heavy atom. The van der Waals surface area contributed by atoms with Gasteiger partial charge in [0.05, 0.1) is 33.5 Å². The average molecular weight is 264 g/mol. The van der Waals surface area contributed by atoms with Gasteiger partial charge in [-0.2, -0.15) is 5.26 Å². The summed E-state index contributed by atoms with van der Waals surface area (Å²) in [5.74, 6) is 0. The fraction of sp³-hybridized carbons (Fsp3) is 0.167. The SMILES string of the molecule is Cc1nc(CNc2cccc(Cl)c2C#N)cs1. The van der Waals surface area contributed by atoms with Gasteiger partial charge >= 0.3 is 0 Å². The van der Waals surface area contributed by atoms with Gasteiger partial charge in [-0.3, -0.25) is 0 Å². The highest BCUT2D eigenvalue weighted by atomic mass is 35.5. The van der Waals surface area contributed by atoms with E-state index in [1.54, 1.807) is 17.4 Å². The maximum absolute atomic E-state index is 9.01. The Kier molecular flexibility index (Phi) is 3.62. The molecule has 0 aliphatic heterocycles. The lowest BCUT2D eigenvalue weighted by Gasteiger charge is -2.07. The van der Waals surface area contributed by atoms with Crippen LogP contribution in [0.5, 0.6) is 0 Å². The standard InChI is InChI=1S/C12H10ClN3S/c1-8-16-9(7-17-8)6-15-12-4-2-3-11(13)10(12)5-14/h2-4,7,15H,6H2,1H3. The second-order valence-electron chi connectivity index (χ2n) is 3.49. The summed E-state index contributed by atoms with van der Waals surface area (Å²) < 4.78 is 0. The van der Waals surface area contributed by atoms with Gasteiger partial charge in [-0.1, -0.05) is 17.7 Å². The van der Waals surface area contributed by atoms with Gasteiger partial charge in [-0.15, -0.1) is 11.3 Å². The average Bonchev–Trinajstić information content (AvgIpc) is 2.72. The number of halogens is 1. The summed E-state index contributed by atoms with van der Waals surface area (Å²) in [7, 11) is 0. The van der Waals surface area contributed by atoms with Crippen LogP contribution >= 0.6 is 22.9 Å². The van der Waals surface area contributed by atoms with Crippen LogP contribution in [0.15, 0.2) is 23.6 Å². The van der Waals surface area contributed by atoms with Crippen molar-refractivity contribution in [2.24, 2.45) is 0 Å². The van der Waals surface area contributed by atoms with Crippen molar-refractivity contribution in [3.8, 4) is 6.07 Å². The Morgan fingerprint density at radius 1 is 1.53 bits per heavy atom. The van der Waals surface area contributed by atoms with Gasteiger partial charge < -0.3 is 5.32 Å². The van der Waals surface area contributed by atoms with E-state index in [1.807, 2.05) is 24.4 Å². The van der Waals surface area contributed by atoms with Gasteiger partial charge in [-0.25, -0.2) is 4.98 Å². The van der Waals surface area contributed by atoms with Crippen LogP contribution in [0.4, 0.5) is 5.69 Å². The molecule has 0 atom stereocenters. The number of nitrogens with one attached hydrogen (secondary N) is 1. The molecule has 0 radical (unpaired) electrons. The molecule has 0 unspecified atom stereocenters. The third-order valence-electron chi connectivity index (χ3n) is 2.25. The summed E-state index contributed by atoms with van der Waals surface area (Å²) in [6.07, 6.45) is 0. The van der Waals surface area contributed by atoms with E-state index in [0.717, 1.165) is 16.4 Å². The first-order valence-corrected chi connectivity index (χ1v) is 6.30. The molecule has 1 aromatic heterocycles. The van der Waals surface area contributed by atoms with Gasteiger partial charge in [0.15, 0.2) is 0 Å². The van der Waals surface area contributed by atoms with Gasteiger partial charge in [0.2, 0.25) is 0 Å². The number of aromatic nitrogens is 1. The summed E-state index contributed by atoms with van der Waals surface area (Å²) >= 11 is 7.55. The van der Waals surface area contributed by atoms with Crippen LogP contribution in [0.2, 0.25) is 5.02 Å². The van der Waals surface area contributed by atoms with Gasteiger partial charge in [0.25, 0.3) is 0 Å². The summed E-state index contributed by atoms with van der Waals surface area (Å²) in [5.41, 5.74) is 2.18. The fourth-order valence-electron chi connectivity index (χ4n) is 1.46. The summed E-state index contributed by atoms with van der Waals surface area (Å²) in [5, 5.41) is 15.7. The second-order valence-corrected chi connectivity index (χ2v) is 4.96. The lowest BCUT2D eigenvalue weighted by molar-refractivity contribution is 1.05. The van der Waals surface area contributed by atoms with Crippen LogP contribution in [0.25, 0.3) is 0 Å². The van der Waals surface area contributed by atoms with E-state index in [0.29, 0.717) is 17.1 Å². The molecule has 86 valence electrons. The number of anilines is 1. The van der Waals surface area contributed by atoms with E-state index in [1.165, 1.54) is 0 Å². The lowest BCUT2D eigenvalue weighted by atomic mass is 10.2. The third-order valence-corrected chi connectivity index (χ3v) is 3.39. The highest BCUT2D eigenvalue weighted by Crippen LogP contribution is 2.23. The van der Waals surface area contributed by atoms with Gasteiger partial charge in [0.1, 0.15) is 6.07 Å². The maximum atomic E-state index is 9.01. The molecule has 0 bridgehead atoms. The molecule has 5 heteroatoms. The zero-order valence-electron chi connectivity index (χ0n) is 9.20. The topological polar surface area (TPSA) is 48.7 Å². The largest absolute Gasteiger partial charge is 0.378 e. The van der Waals surface area contributed by atoms with Gasteiger partial charge in [0, 0.05) is 5.38 Å². The first-order valence-electron chi connectivity index (χ1n) is 5.04. The maximum Gasteiger partial charge on any atom is 0.103 e. The molecule has 1 aromatic carbocycles. The van der Waals surface area contributed by atoms with Gasteiger partial charge in [-0.05, 0) is 19.1 Å². The zero-order valence-corrected chi connectivity index (χ0v) is 10.8. The quantitative estimate of drug-likeness (QED) is 0.921. The summed E-state index contributed by atoms with van der Waals surface area (Å²) in [6, 6.07) is 7.45. The van der Waals surface area contributed by atoms with Crippen molar-refractivity contribution in [1.29, 1.82) is 5.26 Å². The molecule has 1 N–H and O–H groups in total. The van der Waals surface area contributed by atoms with E-state index in [9.17, 15) is 0 Å². The number of benzene rings is 1. The Bertz CT molecular complexity index is 571. The smallest absolute Gasteiger partial charge is 0.103 e. The molecule has 1 heterocycles. The van der Waals surface area contributed by atoms with Crippen molar-refractivity contribution in [2.45, 2.75) is 13.5 Å². The molecule has 2 aromatic rings. The van der Waals surface area contributed by atoms with Crippen molar-refractivity contribution in [3.63, 3.8) is 0 Å². The number of aryl methyl sites for hydroxylation is 1. The highest BCUT2D eigenvalue weighted by Gasteiger charge is 2.06. The fourth-order valence-corrected chi connectivity index (χ4v) is 2.29. The molecule has 0 spiro atoms. The highest BCUT2D eigenvalue weighted by molar-refractivity contribution is 7.09. The molecule has 3 nitrogen and oxygen atoms in total. The van der Waals surface area contributed by atoms with Crippen molar-refractivity contribution >= 4 is 28.6 Å². The Labute approximate surface area is 109 Å². The molecular weight excluding hydrogens is 254 g/mol. The number of hydrogen-bond acceptors (Lipinski definition) is 4. The van der Waals surface area contributed by atoms with Crippen LogP contribution in [0.3, 0.4) is 0 Å².